The largest absolute Gasteiger partial charge is 0.497 e. The number of fused-ring (bicyclic) bond motifs is 1. The zero-order valence-corrected chi connectivity index (χ0v) is 16.6. The lowest BCUT2D eigenvalue weighted by atomic mass is 10.0. The molecule has 0 radical (unpaired) electrons. The molecule has 1 aromatic heterocycles. The Labute approximate surface area is 164 Å². The van der Waals surface area contributed by atoms with E-state index in [2.05, 4.69) is 60.6 Å². The van der Waals surface area contributed by atoms with Gasteiger partial charge in [-0.3, -0.25) is 5.01 Å². The SMILES string of the molecule is COc1ccc(CN2CNc3sc(C)c(C)c3C(c3ccccc3)=N2)cc1. The molecule has 0 saturated heterocycles. The van der Waals surface area contributed by atoms with E-state index in [9.17, 15) is 0 Å². The molecule has 1 aliphatic heterocycles. The van der Waals surface area contributed by atoms with Crippen LogP contribution in [0.3, 0.4) is 0 Å². The predicted octanol–water partition coefficient (Wildman–Crippen LogP) is 5.01. The van der Waals surface area contributed by atoms with Crippen LogP contribution < -0.4 is 10.1 Å². The zero-order chi connectivity index (χ0) is 18.8. The molecule has 0 unspecified atom stereocenters. The number of anilines is 1. The Hall–Kier alpha value is -2.79. The minimum Gasteiger partial charge on any atom is -0.497 e. The first-order valence-corrected chi connectivity index (χ1v) is 9.83. The fourth-order valence-electron chi connectivity index (χ4n) is 3.26. The van der Waals surface area contributed by atoms with Crippen LogP contribution in [0.1, 0.15) is 27.1 Å². The van der Waals surface area contributed by atoms with Gasteiger partial charge in [0.25, 0.3) is 0 Å². The van der Waals surface area contributed by atoms with Crippen LogP contribution in [-0.4, -0.2) is 24.5 Å². The Morgan fingerprint density at radius 3 is 2.52 bits per heavy atom. The van der Waals surface area contributed by atoms with Gasteiger partial charge >= 0.3 is 0 Å². The van der Waals surface area contributed by atoms with Gasteiger partial charge in [0.2, 0.25) is 0 Å². The summed E-state index contributed by atoms with van der Waals surface area (Å²) in [7, 11) is 1.69. The standard InChI is InChI=1S/C22H23N3OS/c1-15-16(2)27-22-20(15)21(18-7-5-4-6-8-18)24-25(14-23-22)13-17-9-11-19(26-3)12-10-17/h4-12,23H,13-14H2,1-3H3. The second kappa shape index (κ2) is 7.45. The van der Waals surface area contributed by atoms with E-state index >= 15 is 0 Å². The van der Waals surface area contributed by atoms with E-state index in [4.69, 9.17) is 9.84 Å². The van der Waals surface area contributed by atoms with Crippen molar-refractivity contribution < 1.29 is 4.74 Å². The van der Waals surface area contributed by atoms with Crippen molar-refractivity contribution in [3.63, 3.8) is 0 Å². The summed E-state index contributed by atoms with van der Waals surface area (Å²) in [6.45, 7) is 5.77. The van der Waals surface area contributed by atoms with Crippen LogP contribution in [-0.2, 0) is 6.54 Å². The Morgan fingerprint density at radius 1 is 1.07 bits per heavy atom. The molecule has 138 valence electrons. The van der Waals surface area contributed by atoms with E-state index in [1.54, 1.807) is 18.4 Å². The molecule has 0 atom stereocenters. The van der Waals surface area contributed by atoms with Gasteiger partial charge in [-0.05, 0) is 37.1 Å². The molecule has 4 rings (SSSR count). The molecular formula is C22H23N3OS. The van der Waals surface area contributed by atoms with E-state index in [1.165, 1.54) is 26.6 Å². The number of nitrogens with one attached hydrogen (secondary N) is 1. The molecule has 0 spiro atoms. The lowest BCUT2D eigenvalue weighted by Crippen LogP contribution is -2.23. The molecule has 0 fully saturated rings. The van der Waals surface area contributed by atoms with Crippen molar-refractivity contribution in [3.05, 3.63) is 81.7 Å². The predicted molar refractivity (Wildman–Crippen MR) is 113 cm³/mol. The number of nitrogens with zero attached hydrogens (tertiary/aromatic N) is 2. The topological polar surface area (TPSA) is 36.9 Å². The minimum absolute atomic E-state index is 0.675. The van der Waals surface area contributed by atoms with Gasteiger partial charge in [-0.2, -0.15) is 5.10 Å². The third-order valence-electron chi connectivity index (χ3n) is 4.86. The normalized spacial score (nSPS) is 13.4. The summed E-state index contributed by atoms with van der Waals surface area (Å²) in [6.07, 6.45) is 0. The molecular weight excluding hydrogens is 354 g/mol. The van der Waals surface area contributed by atoms with Crippen LogP contribution in [0.2, 0.25) is 0 Å². The molecule has 1 aliphatic rings. The fourth-order valence-corrected chi connectivity index (χ4v) is 4.31. The Morgan fingerprint density at radius 2 is 1.81 bits per heavy atom. The molecule has 5 heteroatoms. The maximum atomic E-state index is 5.26. The van der Waals surface area contributed by atoms with Crippen LogP contribution >= 0.6 is 11.3 Å². The molecule has 0 bridgehead atoms. The molecule has 1 N–H and O–H groups in total. The number of thiophene rings is 1. The van der Waals surface area contributed by atoms with E-state index in [-0.39, 0.29) is 0 Å². The molecule has 2 aromatic carbocycles. The van der Waals surface area contributed by atoms with Crippen LogP contribution in [0.4, 0.5) is 5.00 Å². The van der Waals surface area contributed by atoms with E-state index in [1.807, 2.05) is 18.2 Å². The lowest BCUT2D eigenvalue weighted by Gasteiger charge is -2.19. The van der Waals surface area contributed by atoms with Gasteiger partial charge in [0.15, 0.2) is 0 Å². The van der Waals surface area contributed by atoms with E-state index < -0.39 is 0 Å². The third-order valence-corrected chi connectivity index (χ3v) is 6.02. The molecule has 3 aromatic rings. The van der Waals surface area contributed by atoms with Crippen molar-refractivity contribution in [1.82, 2.24) is 5.01 Å². The summed E-state index contributed by atoms with van der Waals surface area (Å²) in [5.74, 6) is 0.870. The minimum atomic E-state index is 0.675. The van der Waals surface area contributed by atoms with E-state index in [0.717, 1.165) is 23.6 Å². The third kappa shape index (κ3) is 3.55. The Kier molecular flexibility index (Phi) is 4.86. The van der Waals surface area contributed by atoms with Crippen LogP contribution in [0.15, 0.2) is 59.7 Å². The van der Waals surface area contributed by atoms with Gasteiger partial charge in [0.1, 0.15) is 18.1 Å². The van der Waals surface area contributed by atoms with Crippen molar-refractivity contribution in [3.8, 4) is 5.75 Å². The van der Waals surface area contributed by atoms with Gasteiger partial charge in [-0.1, -0.05) is 42.5 Å². The summed E-state index contributed by atoms with van der Waals surface area (Å²) < 4.78 is 5.26. The molecule has 2 heterocycles. The van der Waals surface area contributed by atoms with Crippen LogP contribution in [0.25, 0.3) is 0 Å². The fraction of sp³-hybridized carbons (Fsp3) is 0.227. The van der Waals surface area contributed by atoms with Gasteiger partial charge in [-0.15, -0.1) is 11.3 Å². The number of methoxy groups -OCH3 is 1. The van der Waals surface area contributed by atoms with Crippen LogP contribution in [0.5, 0.6) is 5.75 Å². The first-order chi connectivity index (χ1) is 13.2. The highest BCUT2D eigenvalue weighted by Gasteiger charge is 2.23. The number of rotatable bonds is 4. The summed E-state index contributed by atoms with van der Waals surface area (Å²) in [5.41, 5.74) is 5.90. The first-order valence-electron chi connectivity index (χ1n) is 9.02. The van der Waals surface area contributed by atoms with Gasteiger partial charge in [0.05, 0.1) is 18.7 Å². The van der Waals surface area contributed by atoms with Crippen molar-refractivity contribution in [2.24, 2.45) is 5.10 Å². The van der Waals surface area contributed by atoms with Crippen molar-refractivity contribution in [1.29, 1.82) is 0 Å². The Balaban J connectivity index is 1.72. The monoisotopic (exact) mass is 377 g/mol. The van der Waals surface area contributed by atoms with Crippen molar-refractivity contribution in [2.45, 2.75) is 20.4 Å². The smallest absolute Gasteiger partial charge is 0.118 e. The summed E-state index contributed by atoms with van der Waals surface area (Å²) >= 11 is 1.81. The highest BCUT2D eigenvalue weighted by Crippen LogP contribution is 2.36. The lowest BCUT2D eigenvalue weighted by molar-refractivity contribution is 0.302. The number of ether oxygens (including phenoxy) is 1. The summed E-state index contributed by atoms with van der Waals surface area (Å²) in [4.78, 5) is 1.33. The molecule has 4 nitrogen and oxygen atoms in total. The molecule has 27 heavy (non-hydrogen) atoms. The molecule has 0 amide bonds. The quantitative estimate of drug-likeness (QED) is 0.694. The number of hydrazone groups is 1. The summed E-state index contributed by atoms with van der Waals surface area (Å²) in [6, 6.07) is 18.6. The highest BCUT2D eigenvalue weighted by molar-refractivity contribution is 7.16. The second-order valence-corrected chi connectivity index (χ2v) is 7.87. The maximum Gasteiger partial charge on any atom is 0.118 e. The van der Waals surface area contributed by atoms with E-state index in [0.29, 0.717) is 6.67 Å². The van der Waals surface area contributed by atoms with Gasteiger partial charge < -0.3 is 10.1 Å². The van der Waals surface area contributed by atoms with Crippen LogP contribution in [0, 0.1) is 13.8 Å². The number of hydrogen-bond acceptors (Lipinski definition) is 5. The number of benzene rings is 2. The molecule has 0 saturated carbocycles. The van der Waals surface area contributed by atoms with Crippen molar-refractivity contribution >= 4 is 22.0 Å². The van der Waals surface area contributed by atoms with Gasteiger partial charge in [-0.25, -0.2) is 0 Å². The highest BCUT2D eigenvalue weighted by atomic mass is 32.1. The zero-order valence-electron chi connectivity index (χ0n) is 15.8. The maximum absolute atomic E-state index is 5.26. The Bertz CT molecular complexity index is 961. The average Bonchev–Trinajstić information content (AvgIpc) is 2.87. The first kappa shape index (κ1) is 17.6. The summed E-state index contributed by atoms with van der Waals surface area (Å²) in [5, 5.41) is 11.9. The van der Waals surface area contributed by atoms with Crippen molar-refractivity contribution in [2.75, 3.05) is 19.1 Å². The average molecular weight is 378 g/mol. The second-order valence-electron chi connectivity index (χ2n) is 6.65. The molecule has 0 aliphatic carbocycles. The van der Waals surface area contributed by atoms with Gasteiger partial charge in [0, 0.05) is 16.0 Å². The number of hydrogen-bond donors (Lipinski definition) is 1. The number of aryl methyl sites for hydroxylation is 1.